The smallest absolute Gasteiger partial charge is 0.252 e. The average Bonchev–Trinajstić information content (AvgIpc) is 2.31. The molecule has 0 aromatic heterocycles. The first-order valence-corrected chi connectivity index (χ1v) is 7.15. The van der Waals surface area contributed by atoms with E-state index in [2.05, 4.69) is 24.9 Å². The summed E-state index contributed by atoms with van der Waals surface area (Å²) in [5, 5.41) is 3.48. The van der Waals surface area contributed by atoms with E-state index in [0.29, 0.717) is 16.0 Å². The van der Waals surface area contributed by atoms with E-state index in [1.165, 1.54) is 19.3 Å². The third kappa shape index (κ3) is 2.83. The summed E-state index contributed by atoms with van der Waals surface area (Å²) in [5.74, 6) is -0.101. The van der Waals surface area contributed by atoms with E-state index in [1.54, 1.807) is 18.2 Å². The van der Waals surface area contributed by atoms with Crippen LogP contribution < -0.4 is 5.32 Å². The molecule has 0 saturated heterocycles. The van der Waals surface area contributed by atoms with Crippen LogP contribution in [0.4, 0.5) is 0 Å². The summed E-state index contributed by atoms with van der Waals surface area (Å²) in [4.78, 5) is 12.8. The van der Waals surface area contributed by atoms with E-state index in [4.69, 9.17) is 11.6 Å². The molecule has 1 aromatic rings. The number of nitrogens with one attached hydrogen (secondary N) is 1. The minimum Gasteiger partial charge on any atom is -0.351 e. The molecule has 2 rings (SSSR count). The average molecular weight is 284 g/mol. The van der Waals surface area contributed by atoms with Crippen molar-refractivity contribution in [2.45, 2.75) is 37.5 Å². The van der Waals surface area contributed by atoms with Gasteiger partial charge in [0.2, 0.25) is 0 Å². The Morgan fingerprint density at radius 1 is 1.50 bits per heavy atom. The third-order valence-corrected chi connectivity index (χ3v) is 4.59. The van der Waals surface area contributed by atoms with Gasteiger partial charge in [-0.3, -0.25) is 4.79 Å². The van der Waals surface area contributed by atoms with Crippen LogP contribution in [0.3, 0.4) is 0 Å². The highest BCUT2D eigenvalue weighted by atomic mass is 35.5. The van der Waals surface area contributed by atoms with Crippen molar-refractivity contribution in [3.63, 3.8) is 0 Å². The molecular formula is C14H18ClNOS. The Kier molecular flexibility index (Phi) is 4.23. The van der Waals surface area contributed by atoms with E-state index in [-0.39, 0.29) is 5.91 Å². The summed E-state index contributed by atoms with van der Waals surface area (Å²) in [6.45, 7) is 2.93. The van der Waals surface area contributed by atoms with Crippen LogP contribution in [-0.2, 0) is 0 Å². The number of amides is 1. The molecule has 1 amide bonds. The minimum atomic E-state index is -0.101. The molecule has 1 fully saturated rings. The number of halogens is 1. The lowest BCUT2D eigenvalue weighted by atomic mass is 9.67. The van der Waals surface area contributed by atoms with E-state index in [1.807, 2.05) is 0 Å². The van der Waals surface area contributed by atoms with E-state index < -0.39 is 0 Å². The Morgan fingerprint density at radius 3 is 2.78 bits per heavy atom. The summed E-state index contributed by atoms with van der Waals surface area (Å²) in [5.41, 5.74) is 0.829. The Hall–Kier alpha value is -0.670. The summed E-state index contributed by atoms with van der Waals surface area (Å²) in [6.07, 6.45) is 4.82. The number of hydrogen-bond acceptors (Lipinski definition) is 2. The lowest BCUT2D eigenvalue weighted by molar-refractivity contribution is 0.0850. The van der Waals surface area contributed by atoms with Crippen LogP contribution in [0.1, 0.15) is 43.0 Å². The summed E-state index contributed by atoms with van der Waals surface area (Å²) < 4.78 is 0. The molecule has 1 aromatic carbocycles. The van der Waals surface area contributed by atoms with Gasteiger partial charge in [-0.15, -0.1) is 12.6 Å². The zero-order valence-electron chi connectivity index (χ0n) is 10.5. The van der Waals surface area contributed by atoms with E-state index in [0.717, 1.165) is 17.9 Å². The van der Waals surface area contributed by atoms with Gasteiger partial charge in [-0.2, -0.15) is 0 Å². The molecule has 4 heteroatoms. The van der Waals surface area contributed by atoms with Crippen molar-refractivity contribution in [2.75, 3.05) is 6.54 Å². The van der Waals surface area contributed by atoms with Crippen molar-refractivity contribution in [2.24, 2.45) is 5.41 Å². The number of benzene rings is 1. The molecule has 98 valence electrons. The van der Waals surface area contributed by atoms with Crippen molar-refractivity contribution in [1.29, 1.82) is 0 Å². The number of thiol groups is 1. The molecule has 1 aliphatic rings. The van der Waals surface area contributed by atoms with Crippen molar-refractivity contribution in [3.05, 3.63) is 28.8 Å². The first kappa shape index (κ1) is 13.8. The van der Waals surface area contributed by atoms with Crippen LogP contribution in [0.5, 0.6) is 0 Å². The van der Waals surface area contributed by atoms with Crippen LogP contribution in [0.15, 0.2) is 23.1 Å². The first-order chi connectivity index (χ1) is 8.56. The summed E-state index contributed by atoms with van der Waals surface area (Å²) >= 11 is 10.3. The Bertz CT molecular complexity index is 452. The zero-order chi connectivity index (χ0) is 13.2. The highest BCUT2D eigenvalue weighted by molar-refractivity contribution is 7.80. The molecule has 2 nitrogen and oxygen atoms in total. The lowest BCUT2D eigenvalue weighted by Gasteiger charge is -2.41. The quantitative estimate of drug-likeness (QED) is 0.805. The van der Waals surface area contributed by atoms with Gasteiger partial charge in [0, 0.05) is 11.4 Å². The third-order valence-electron chi connectivity index (χ3n) is 3.98. The molecule has 0 aliphatic heterocycles. The number of carbonyl (C=O) groups is 1. The maximum Gasteiger partial charge on any atom is 0.252 e. The van der Waals surface area contributed by atoms with Crippen LogP contribution in [0.25, 0.3) is 0 Å². The molecule has 1 saturated carbocycles. The second kappa shape index (κ2) is 5.54. The van der Waals surface area contributed by atoms with Crippen molar-refractivity contribution >= 4 is 30.1 Å². The second-order valence-corrected chi connectivity index (χ2v) is 5.98. The van der Waals surface area contributed by atoms with Crippen molar-refractivity contribution in [3.8, 4) is 0 Å². The molecule has 0 heterocycles. The molecule has 18 heavy (non-hydrogen) atoms. The monoisotopic (exact) mass is 283 g/mol. The Labute approximate surface area is 119 Å². The van der Waals surface area contributed by atoms with Crippen molar-refractivity contribution in [1.82, 2.24) is 5.32 Å². The summed E-state index contributed by atoms with van der Waals surface area (Å²) in [7, 11) is 0. The molecule has 0 bridgehead atoms. The molecule has 0 radical (unpaired) electrons. The van der Waals surface area contributed by atoms with Gasteiger partial charge in [-0.1, -0.05) is 24.9 Å². The lowest BCUT2D eigenvalue weighted by Crippen LogP contribution is -2.41. The predicted octanol–water partition coefficient (Wildman–Crippen LogP) is 3.94. The van der Waals surface area contributed by atoms with Gasteiger partial charge in [0.15, 0.2) is 0 Å². The van der Waals surface area contributed by atoms with Gasteiger partial charge in [0.05, 0.1) is 10.6 Å². The fourth-order valence-electron chi connectivity index (χ4n) is 2.38. The maximum absolute atomic E-state index is 12.1. The standard InChI is InChI=1S/C14H18ClNOS/c1-2-14(6-3-7-14)9-16-13(17)11-8-10(18)4-5-12(11)15/h4-5,8,18H,2-3,6-7,9H2,1H3,(H,16,17). The number of rotatable bonds is 4. The van der Waals surface area contributed by atoms with Crippen LogP contribution >= 0.6 is 24.2 Å². The Morgan fingerprint density at radius 2 is 2.22 bits per heavy atom. The molecule has 1 N–H and O–H groups in total. The summed E-state index contributed by atoms with van der Waals surface area (Å²) in [6, 6.07) is 5.19. The van der Waals surface area contributed by atoms with Crippen molar-refractivity contribution < 1.29 is 4.79 Å². The maximum atomic E-state index is 12.1. The fourth-order valence-corrected chi connectivity index (χ4v) is 2.79. The number of hydrogen-bond donors (Lipinski definition) is 2. The van der Waals surface area contributed by atoms with Gasteiger partial charge in [-0.25, -0.2) is 0 Å². The van der Waals surface area contributed by atoms with Gasteiger partial charge in [-0.05, 0) is 42.9 Å². The molecule has 0 spiro atoms. The van der Waals surface area contributed by atoms with Gasteiger partial charge < -0.3 is 5.32 Å². The second-order valence-electron chi connectivity index (χ2n) is 5.05. The fraction of sp³-hybridized carbons (Fsp3) is 0.500. The first-order valence-electron chi connectivity index (χ1n) is 6.33. The predicted molar refractivity (Wildman–Crippen MR) is 77.6 cm³/mol. The van der Waals surface area contributed by atoms with Crippen LogP contribution in [0.2, 0.25) is 5.02 Å². The zero-order valence-corrected chi connectivity index (χ0v) is 12.2. The minimum absolute atomic E-state index is 0.101. The van der Waals surface area contributed by atoms with E-state index >= 15 is 0 Å². The van der Waals surface area contributed by atoms with Crippen LogP contribution in [-0.4, -0.2) is 12.5 Å². The number of carbonyl (C=O) groups excluding carboxylic acids is 1. The largest absolute Gasteiger partial charge is 0.351 e. The van der Waals surface area contributed by atoms with Gasteiger partial charge in [0.1, 0.15) is 0 Å². The van der Waals surface area contributed by atoms with E-state index in [9.17, 15) is 4.79 Å². The van der Waals surface area contributed by atoms with Gasteiger partial charge in [0.25, 0.3) is 5.91 Å². The Balaban J connectivity index is 2.01. The molecular weight excluding hydrogens is 266 g/mol. The normalized spacial score (nSPS) is 17.1. The topological polar surface area (TPSA) is 29.1 Å². The highest BCUT2D eigenvalue weighted by Crippen LogP contribution is 2.43. The SMILES string of the molecule is CCC1(CNC(=O)c2cc(S)ccc2Cl)CCC1. The van der Waals surface area contributed by atoms with Gasteiger partial charge >= 0.3 is 0 Å². The highest BCUT2D eigenvalue weighted by Gasteiger charge is 2.35. The molecule has 0 unspecified atom stereocenters. The molecule has 1 aliphatic carbocycles. The van der Waals surface area contributed by atoms with Crippen LogP contribution in [0, 0.1) is 5.41 Å². The molecule has 0 atom stereocenters.